The van der Waals surface area contributed by atoms with Crippen molar-refractivity contribution in [2.45, 2.75) is 45.5 Å². The predicted octanol–water partition coefficient (Wildman–Crippen LogP) is 5.33. The van der Waals surface area contributed by atoms with E-state index >= 15 is 0 Å². The molecule has 0 aliphatic rings. The minimum atomic E-state index is -4.57. The van der Waals surface area contributed by atoms with Crippen LogP contribution in [0.25, 0.3) is 11.4 Å². The standard InChI is InChI=1S/C17H22F4N2OSi/c1-12-5-6-13(9-14(12)18)16-22-15(17(19,20)21)10-23(16)11-24-7-8-25(2,3)4/h5-6,9-10H,7-8,11H2,1-4H3. The number of rotatable bonds is 6. The first-order valence-electron chi connectivity index (χ1n) is 7.96. The monoisotopic (exact) mass is 374 g/mol. The van der Waals surface area contributed by atoms with Crippen molar-refractivity contribution in [2.75, 3.05) is 6.61 Å². The van der Waals surface area contributed by atoms with E-state index in [9.17, 15) is 17.6 Å². The molecule has 8 heteroatoms. The van der Waals surface area contributed by atoms with Crippen LogP contribution in [-0.4, -0.2) is 24.2 Å². The van der Waals surface area contributed by atoms with Crippen molar-refractivity contribution in [1.29, 1.82) is 0 Å². The lowest BCUT2D eigenvalue weighted by Gasteiger charge is -2.16. The Morgan fingerprint density at radius 2 is 1.88 bits per heavy atom. The molecule has 0 N–H and O–H groups in total. The van der Waals surface area contributed by atoms with Gasteiger partial charge in [0.2, 0.25) is 0 Å². The number of hydrogen-bond donors (Lipinski definition) is 0. The van der Waals surface area contributed by atoms with E-state index in [4.69, 9.17) is 4.74 Å². The third-order valence-corrected chi connectivity index (χ3v) is 5.43. The molecule has 0 aliphatic heterocycles. The Labute approximate surface area is 145 Å². The van der Waals surface area contributed by atoms with Crippen molar-refractivity contribution in [2.24, 2.45) is 0 Å². The summed E-state index contributed by atoms with van der Waals surface area (Å²) in [6.07, 6.45) is -3.66. The molecule has 0 bridgehead atoms. The Morgan fingerprint density at radius 1 is 1.20 bits per heavy atom. The summed E-state index contributed by atoms with van der Waals surface area (Å²) in [4.78, 5) is 3.65. The summed E-state index contributed by atoms with van der Waals surface area (Å²) in [6.45, 7) is 8.57. The second-order valence-electron chi connectivity index (χ2n) is 7.23. The smallest absolute Gasteiger partial charge is 0.361 e. The lowest BCUT2D eigenvalue weighted by Crippen LogP contribution is -2.22. The van der Waals surface area contributed by atoms with E-state index in [-0.39, 0.29) is 18.1 Å². The highest BCUT2D eigenvalue weighted by Gasteiger charge is 2.35. The van der Waals surface area contributed by atoms with E-state index in [0.29, 0.717) is 12.2 Å². The average Bonchev–Trinajstić information content (AvgIpc) is 2.90. The zero-order valence-corrected chi connectivity index (χ0v) is 15.7. The van der Waals surface area contributed by atoms with E-state index < -0.39 is 25.8 Å². The second-order valence-corrected chi connectivity index (χ2v) is 12.9. The Hall–Kier alpha value is -1.67. The fourth-order valence-electron chi connectivity index (χ4n) is 2.15. The molecule has 25 heavy (non-hydrogen) atoms. The number of ether oxygens (including phenoxy) is 1. The van der Waals surface area contributed by atoms with Crippen LogP contribution in [0.15, 0.2) is 24.4 Å². The maximum absolute atomic E-state index is 13.8. The van der Waals surface area contributed by atoms with Gasteiger partial charge in [0.25, 0.3) is 0 Å². The normalized spacial score (nSPS) is 12.6. The summed E-state index contributed by atoms with van der Waals surface area (Å²) >= 11 is 0. The average molecular weight is 374 g/mol. The third-order valence-electron chi connectivity index (χ3n) is 3.72. The SMILES string of the molecule is Cc1ccc(-c2nc(C(F)(F)F)cn2COCC[Si](C)(C)C)cc1F. The third kappa shape index (κ3) is 5.40. The zero-order valence-electron chi connectivity index (χ0n) is 14.7. The van der Waals surface area contributed by atoms with Crippen LogP contribution in [0, 0.1) is 12.7 Å². The van der Waals surface area contributed by atoms with Gasteiger partial charge in [0.05, 0.1) is 0 Å². The van der Waals surface area contributed by atoms with Gasteiger partial charge in [0, 0.05) is 26.4 Å². The number of alkyl halides is 3. The molecule has 2 aromatic rings. The van der Waals surface area contributed by atoms with Crippen molar-refractivity contribution in [1.82, 2.24) is 9.55 Å². The summed E-state index contributed by atoms with van der Waals surface area (Å²) in [5, 5.41) is 0. The van der Waals surface area contributed by atoms with Gasteiger partial charge in [-0.3, -0.25) is 0 Å². The molecular formula is C17H22F4N2OSi. The van der Waals surface area contributed by atoms with E-state index in [1.807, 2.05) is 0 Å². The van der Waals surface area contributed by atoms with Crippen molar-refractivity contribution in [3.05, 3.63) is 41.5 Å². The summed E-state index contributed by atoms with van der Waals surface area (Å²) < 4.78 is 59.6. The molecule has 0 unspecified atom stereocenters. The molecule has 0 radical (unpaired) electrons. The maximum atomic E-state index is 13.8. The molecule has 2 rings (SSSR count). The molecule has 0 atom stereocenters. The molecular weight excluding hydrogens is 352 g/mol. The summed E-state index contributed by atoms with van der Waals surface area (Å²) in [6, 6.07) is 5.17. The lowest BCUT2D eigenvalue weighted by molar-refractivity contribution is -0.141. The number of benzene rings is 1. The van der Waals surface area contributed by atoms with Gasteiger partial charge >= 0.3 is 6.18 Å². The molecule has 0 fully saturated rings. The van der Waals surface area contributed by atoms with Gasteiger partial charge in [0.1, 0.15) is 18.4 Å². The van der Waals surface area contributed by atoms with Crippen LogP contribution >= 0.6 is 0 Å². The van der Waals surface area contributed by atoms with Gasteiger partial charge in [-0.05, 0) is 24.6 Å². The first-order chi connectivity index (χ1) is 11.5. The van der Waals surface area contributed by atoms with Crippen LogP contribution in [0.3, 0.4) is 0 Å². The van der Waals surface area contributed by atoms with Crippen LogP contribution in [0.5, 0.6) is 0 Å². The van der Waals surface area contributed by atoms with Crippen molar-refractivity contribution in [3.63, 3.8) is 0 Å². The van der Waals surface area contributed by atoms with E-state index in [2.05, 4.69) is 24.6 Å². The van der Waals surface area contributed by atoms with Gasteiger partial charge in [-0.2, -0.15) is 13.2 Å². The summed E-state index contributed by atoms with van der Waals surface area (Å²) in [5.74, 6) is -0.445. The fourth-order valence-corrected chi connectivity index (χ4v) is 2.91. The van der Waals surface area contributed by atoms with Gasteiger partial charge in [0.15, 0.2) is 5.69 Å². The quantitative estimate of drug-likeness (QED) is 0.388. The first-order valence-corrected chi connectivity index (χ1v) is 11.7. The molecule has 1 aromatic carbocycles. The van der Waals surface area contributed by atoms with E-state index in [1.54, 1.807) is 13.0 Å². The number of halogens is 4. The van der Waals surface area contributed by atoms with Crippen molar-refractivity contribution >= 4 is 8.07 Å². The largest absolute Gasteiger partial charge is 0.434 e. The Bertz CT molecular complexity index is 735. The Morgan fingerprint density at radius 3 is 2.44 bits per heavy atom. The number of aromatic nitrogens is 2. The highest BCUT2D eigenvalue weighted by atomic mass is 28.3. The van der Waals surface area contributed by atoms with Crippen LogP contribution in [0.4, 0.5) is 17.6 Å². The van der Waals surface area contributed by atoms with Crippen molar-refractivity contribution in [3.8, 4) is 11.4 Å². The molecule has 1 aromatic heterocycles. The number of imidazole rings is 1. The molecule has 3 nitrogen and oxygen atoms in total. The number of nitrogens with zero attached hydrogens (tertiary/aromatic N) is 2. The van der Waals surface area contributed by atoms with Crippen LogP contribution < -0.4 is 0 Å². The lowest BCUT2D eigenvalue weighted by atomic mass is 10.1. The molecule has 1 heterocycles. The first kappa shape index (κ1) is 19.6. The minimum Gasteiger partial charge on any atom is -0.361 e. The zero-order chi connectivity index (χ0) is 18.8. The molecule has 0 saturated carbocycles. The minimum absolute atomic E-state index is 0.0410. The van der Waals surface area contributed by atoms with Gasteiger partial charge in [-0.25, -0.2) is 9.37 Å². The van der Waals surface area contributed by atoms with Crippen LogP contribution in [0.1, 0.15) is 11.3 Å². The molecule has 0 saturated heterocycles. The summed E-state index contributed by atoms with van der Waals surface area (Å²) in [7, 11) is -1.29. The highest BCUT2D eigenvalue weighted by Crippen LogP contribution is 2.31. The molecule has 0 aliphatic carbocycles. The number of aryl methyl sites for hydroxylation is 1. The van der Waals surface area contributed by atoms with Crippen LogP contribution in [-0.2, 0) is 17.6 Å². The van der Waals surface area contributed by atoms with Gasteiger partial charge in [-0.15, -0.1) is 0 Å². The summed E-state index contributed by atoms with van der Waals surface area (Å²) in [5.41, 5.74) is -0.311. The fraction of sp³-hybridized carbons (Fsp3) is 0.471. The second kappa shape index (κ2) is 7.29. The predicted molar refractivity (Wildman–Crippen MR) is 91.5 cm³/mol. The van der Waals surface area contributed by atoms with Crippen molar-refractivity contribution < 1.29 is 22.3 Å². The Balaban J connectivity index is 2.27. The molecule has 0 spiro atoms. The number of hydrogen-bond acceptors (Lipinski definition) is 2. The van der Waals surface area contributed by atoms with E-state index in [0.717, 1.165) is 12.2 Å². The maximum Gasteiger partial charge on any atom is 0.434 e. The Kier molecular flexibility index (Phi) is 5.73. The van der Waals surface area contributed by atoms with Crippen LogP contribution in [0.2, 0.25) is 25.7 Å². The van der Waals surface area contributed by atoms with Gasteiger partial charge < -0.3 is 9.30 Å². The molecule has 0 amide bonds. The topological polar surface area (TPSA) is 27.1 Å². The van der Waals surface area contributed by atoms with Gasteiger partial charge in [-0.1, -0.05) is 31.8 Å². The van der Waals surface area contributed by atoms with E-state index in [1.165, 1.54) is 16.7 Å². The highest BCUT2D eigenvalue weighted by molar-refractivity contribution is 6.76. The molecule has 138 valence electrons.